The van der Waals surface area contributed by atoms with Gasteiger partial charge in [-0.15, -0.1) is 6.42 Å². The fourth-order valence-electron chi connectivity index (χ4n) is 0.893. The lowest BCUT2D eigenvalue weighted by atomic mass is 10.3. The van der Waals surface area contributed by atoms with E-state index < -0.39 is 5.97 Å². The van der Waals surface area contributed by atoms with Crippen molar-refractivity contribution in [2.45, 2.75) is 0 Å². The molecule has 3 nitrogen and oxygen atoms in total. The van der Waals surface area contributed by atoms with E-state index in [1.165, 1.54) is 6.07 Å². The molecule has 0 aromatic heterocycles. The lowest BCUT2D eigenvalue weighted by Crippen LogP contribution is -2.15. The van der Waals surface area contributed by atoms with Crippen molar-refractivity contribution in [2.75, 3.05) is 13.2 Å². The van der Waals surface area contributed by atoms with Crippen LogP contribution >= 0.6 is 23.2 Å². The summed E-state index contributed by atoms with van der Waals surface area (Å²) in [6, 6.07) is 4.69. The molecule has 0 fully saturated rings. The molecule has 0 bridgehead atoms. The van der Waals surface area contributed by atoms with Gasteiger partial charge in [0.25, 0.3) is 0 Å². The van der Waals surface area contributed by atoms with Crippen LogP contribution in [0.3, 0.4) is 0 Å². The number of hydrogen-bond acceptors (Lipinski definition) is 3. The van der Waals surface area contributed by atoms with E-state index in [4.69, 9.17) is 34.4 Å². The highest BCUT2D eigenvalue weighted by Crippen LogP contribution is 2.27. The van der Waals surface area contributed by atoms with Gasteiger partial charge in [-0.3, -0.25) is 0 Å². The smallest absolute Gasteiger partial charge is 0.345 e. The normalized spacial score (nSPS) is 9.31. The third-order valence-corrected chi connectivity index (χ3v) is 2.09. The number of benzene rings is 1. The average molecular weight is 259 g/mol. The van der Waals surface area contributed by atoms with E-state index >= 15 is 0 Å². The average Bonchev–Trinajstić information content (AvgIpc) is 2.25. The number of esters is 1. The van der Waals surface area contributed by atoms with Crippen molar-refractivity contribution in [1.82, 2.24) is 0 Å². The van der Waals surface area contributed by atoms with Gasteiger partial charge in [0.1, 0.15) is 5.75 Å². The lowest BCUT2D eigenvalue weighted by Gasteiger charge is -2.07. The second-order valence-electron chi connectivity index (χ2n) is 2.73. The molecule has 0 heterocycles. The van der Waals surface area contributed by atoms with Crippen molar-refractivity contribution >= 4 is 29.2 Å². The molecule has 0 unspecified atom stereocenters. The molecule has 0 N–H and O–H groups in total. The van der Waals surface area contributed by atoms with Crippen molar-refractivity contribution in [3.63, 3.8) is 0 Å². The number of rotatable bonds is 4. The van der Waals surface area contributed by atoms with Crippen LogP contribution in [0.2, 0.25) is 10.0 Å². The summed E-state index contributed by atoms with van der Waals surface area (Å²) in [5.41, 5.74) is 0. The maximum absolute atomic E-state index is 11.0. The van der Waals surface area contributed by atoms with Gasteiger partial charge in [-0.2, -0.15) is 0 Å². The zero-order chi connectivity index (χ0) is 12.0. The van der Waals surface area contributed by atoms with Crippen molar-refractivity contribution in [1.29, 1.82) is 0 Å². The third-order valence-electron chi connectivity index (χ3n) is 1.56. The highest BCUT2D eigenvalue weighted by Gasteiger charge is 2.06. The fourth-order valence-corrected chi connectivity index (χ4v) is 1.36. The van der Waals surface area contributed by atoms with Gasteiger partial charge in [0.2, 0.25) is 0 Å². The summed E-state index contributed by atoms with van der Waals surface area (Å²) in [4.78, 5) is 11.0. The molecule has 0 aliphatic rings. The van der Waals surface area contributed by atoms with Gasteiger partial charge in [-0.05, 0) is 18.2 Å². The van der Waals surface area contributed by atoms with E-state index in [-0.39, 0.29) is 13.2 Å². The molecule has 1 aromatic carbocycles. The zero-order valence-electron chi connectivity index (χ0n) is 8.20. The van der Waals surface area contributed by atoms with E-state index in [0.717, 1.165) is 0 Å². The van der Waals surface area contributed by atoms with Crippen LogP contribution in [0.5, 0.6) is 5.75 Å². The minimum absolute atomic E-state index is 0.0729. The Hall–Kier alpha value is -1.37. The van der Waals surface area contributed by atoms with Gasteiger partial charge in [0, 0.05) is 5.02 Å². The van der Waals surface area contributed by atoms with Gasteiger partial charge >= 0.3 is 5.97 Å². The first kappa shape index (κ1) is 12.7. The zero-order valence-corrected chi connectivity index (χ0v) is 9.72. The molecule has 0 aliphatic heterocycles. The molecule has 0 amide bonds. The highest BCUT2D eigenvalue weighted by molar-refractivity contribution is 6.35. The molecule has 0 aliphatic carbocycles. The summed E-state index contributed by atoms with van der Waals surface area (Å²) < 4.78 is 9.72. The van der Waals surface area contributed by atoms with Crippen molar-refractivity contribution < 1.29 is 14.3 Å². The molecule has 0 radical (unpaired) electrons. The Morgan fingerprint density at radius 3 is 2.81 bits per heavy atom. The van der Waals surface area contributed by atoms with E-state index in [9.17, 15) is 4.79 Å². The summed E-state index contributed by atoms with van der Waals surface area (Å²) in [5, 5.41) is 0.824. The molecule has 0 atom stereocenters. The molecular formula is C11H8Cl2O3. The predicted octanol–water partition coefficient (Wildman–Crippen LogP) is 2.55. The first-order chi connectivity index (χ1) is 7.63. The van der Waals surface area contributed by atoms with E-state index in [0.29, 0.717) is 15.8 Å². The molecule has 0 saturated heterocycles. The summed E-state index contributed by atoms with van der Waals surface area (Å²) >= 11 is 11.5. The highest BCUT2D eigenvalue weighted by atomic mass is 35.5. The van der Waals surface area contributed by atoms with Gasteiger partial charge in [-0.25, -0.2) is 4.79 Å². The third kappa shape index (κ3) is 4.01. The van der Waals surface area contributed by atoms with Crippen molar-refractivity contribution in [3.8, 4) is 18.1 Å². The molecule has 1 aromatic rings. The Kier molecular flexibility index (Phi) is 4.97. The molecule has 84 valence electrons. The molecule has 1 rings (SSSR count). The predicted molar refractivity (Wildman–Crippen MR) is 61.7 cm³/mol. The van der Waals surface area contributed by atoms with Crippen molar-refractivity contribution in [3.05, 3.63) is 28.2 Å². The maximum atomic E-state index is 11.0. The van der Waals surface area contributed by atoms with Gasteiger partial charge < -0.3 is 9.47 Å². The van der Waals surface area contributed by atoms with Gasteiger partial charge in [0.05, 0.1) is 5.02 Å². The molecular weight excluding hydrogens is 251 g/mol. The maximum Gasteiger partial charge on any atom is 0.345 e. The summed E-state index contributed by atoms with van der Waals surface area (Å²) in [6.07, 6.45) is 4.92. The lowest BCUT2D eigenvalue weighted by molar-refractivity contribution is -0.144. The van der Waals surface area contributed by atoms with E-state index in [2.05, 4.69) is 10.7 Å². The number of terminal acetylenes is 1. The molecule has 16 heavy (non-hydrogen) atoms. The Bertz CT molecular complexity index is 424. The second-order valence-corrected chi connectivity index (χ2v) is 3.57. The van der Waals surface area contributed by atoms with Crippen LogP contribution in [0.25, 0.3) is 0 Å². The number of halogens is 2. The Labute approximate surface area is 103 Å². The Morgan fingerprint density at radius 1 is 1.44 bits per heavy atom. The van der Waals surface area contributed by atoms with Gasteiger partial charge in [-0.1, -0.05) is 29.1 Å². The fraction of sp³-hybridized carbons (Fsp3) is 0.182. The van der Waals surface area contributed by atoms with Crippen LogP contribution in [0, 0.1) is 12.3 Å². The van der Waals surface area contributed by atoms with Crippen molar-refractivity contribution in [2.24, 2.45) is 0 Å². The first-order valence-corrected chi connectivity index (χ1v) is 5.06. The minimum atomic E-state index is -0.552. The van der Waals surface area contributed by atoms with E-state index in [1.54, 1.807) is 12.1 Å². The quantitative estimate of drug-likeness (QED) is 0.615. The number of hydrogen-bond donors (Lipinski definition) is 0. The summed E-state index contributed by atoms with van der Waals surface area (Å²) in [6.45, 7) is -0.320. The van der Waals surface area contributed by atoms with Crippen LogP contribution < -0.4 is 4.74 Å². The van der Waals surface area contributed by atoms with Crippen LogP contribution in [0.15, 0.2) is 18.2 Å². The Balaban J connectivity index is 2.49. The summed E-state index contributed by atoms with van der Waals surface area (Å²) in [5.74, 6) is 1.99. The van der Waals surface area contributed by atoms with Gasteiger partial charge in [0.15, 0.2) is 13.2 Å². The Morgan fingerprint density at radius 2 is 2.19 bits per heavy atom. The van der Waals surface area contributed by atoms with Crippen LogP contribution in [-0.4, -0.2) is 19.2 Å². The number of ether oxygens (including phenoxy) is 2. The second kappa shape index (κ2) is 6.26. The SMILES string of the molecule is C#CCOC(=O)COc1ccc(Cl)cc1Cl. The van der Waals surface area contributed by atoms with Crippen LogP contribution in [0.4, 0.5) is 0 Å². The standard InChI is InChI=1S/C11H8Cl2O3/c1-2-5-15-11(14)7-16-10-4-3-8(12)6-9(10)13/h1,3-4,6H,5,7H2. The largest absolute Gasteiger partial charge is 0.480 e. The van der Waals surface area contributed by atoms with Crippen LogP contribution in [-0.2, 0) is 9.53 Å². The summed E-state index contributed by atoms with van der Waals surface area (Å²) in [7, 11) is 0. The molecule has 0 spiro atoms. The number of carbonyl (C=O) groups excluding carboxylic acids is 1. The van der Waals surface area contributed by atoms with Crippen LogP contribution in [0.1, 0.15) is 0 Å². The number of carbonyl (C=O) groups is 1. The molecule has 0 saturated carbocycles. The first-order valence-electron chi connectivity index (χ1n) is 4.30. The molecule has 5 heteroatoms. The van der Waals surface area contributed by atoms with E-state index in [1.807, 2.05) is 0 Å². The monoisotopic (exact) mass is 258 g/mol. The minimum Gasteiger partial charge on any atom is -0.480 e. The topological polar surface area (TPSA) is 35.5 Å².